The predicted molar refractivity (Wildman–Crippen MR) is 147 cm³/mol. The molecule has 38 heavy (non-hydrogen) atoms. The lowest BCUT2D eigenvalue weighted by molar-refractivity contribution is -0.290. The molecule has 6 heteroatoms. The Balaban J connectivity index is 1.51. The number of hydrogen-bond acceptors (Lipinski definition) is 5. The minimum atomic E-state index is -0.847. The zero-order valence-electron chi connectivity index (χ0n) is 22.8. The highest BCUT2D eigenvalue weighted by molar-refractivity contribution is 5.99. The van der Waals surface area contributed by atoms with Gasteiger partial charge in [0.05, 0.1) is 29.8 Å². The number of benzene rings is 2. The summed E-state index contributed by atoms with van der Waals surface area (Å²) in [5.41, 5.74) is 4.49. The number of nitrogens with zero attached hydrogens (tertiary/aromatic N) is 1. The third-order valence-electron chi connectivity index (χ3n) is 6.73. The van der Waals surface area contributed by atoms with Gasteiger partial charge in [-0.25, -0.2) is 4.39 Å². The molecule has 200 valence electrons. The monoisotopic (exact) mass is 517 g/mol. The molecule has 0 unspecified atom stereocenters. The van der Waals surface area contributed by atoms with Gasteiger partial charge in [-0.05, 0) is 71.2 Å². The molecule has 3 aromatic rings. The number of pyridine rings is 1. The maximum atomic E-state index is 13.8. The van der Waals surface area contributed by atoms with E-state index in [-0.39, 0.29) is 30.4 Å². The van der Waals surface area contributed by atoms with Crippen molar-refractivity contribution in [3.05, 3.63) is 71.7 Å². The number of hydrogen-bond donors (Lipinski definition) is 0. The summed E-state index contributed by atoms with van der Waals surface area (Å²) in [5.74, 6) is -0.983. The van der Waals surface area contributed by atoms with Crippen LogP contribution in [-0.4, -0.2) is 34.5 Å². The SMILES string of the molecule is CC(C)(C)OC(=O)C[C@H]1C[C@H](C=Cc2c(C3CC3)nc3ccccc3c2-c2ccc(F)cc2)OC(C)(C)O1. The van der Waals surface area contributed by atoms with Gasteiger partial charge in [0.2, 0.25) is 0 Å². The van der Waals surface area contributed by atoms with Crippen molar-refractivity contribution in [3.8, 4) is 11.1 Å². The van der Waals surface area contributed by atoms with E-state index in [0.29, 0.717) is 12.3 Å². The molecule has 2 atom stereocenters. The van der Waals surface area contributed by atoms with E-state index < -0.39 is 11.4 Å². The first-order chi connectivity index (χ1) is 18.0. The highest BCUT2D eigenvalue weighted by Crippen LogP contribution is 2.45. The van der Waals surface area contributed by atoms with Gasteiger partial charge in [0.25, 0.3) is 0 Å². The minimum absolute atomic E-state index is 0.167. The van der Waals surface area contributed by atoms with Gasteiger partial charge in [-0.3, -0.25) is 9.78 Å². The van der Waals surface area contributed by atoms with Crippen molar-refractivity contribution in [2.75, 3.05) is 0 Å². The first kappa shape index (κ1) is 26.5. The molecule has 1 saturated heterocycles. The molecule has 1 saturated carbocycles. The van der Waals surface area contributed by atoms with Crippen molar-refractivity contribution in [1.29, 1.82) is 0 Å². The van der Waals surface area contributed by atoms with Crippen LogP contribution in [0.15, 0.2) is 54.6 Å². The fourth-order valence-corrected chi connectivity index (χ4v) is 5.17. The summed E-state index contributed by atoms with van der Waals surface area (Å²) in [4.78, 5) is 17.6. The third-order valence-corrected chi connectivity index (χ3v) is 6.73. The number of fused-ring (bicyclic) bond motifs is 1. The number of aromatic nitrogens is 1. The van der Waals surface area contributed by atoms with E-state index in [0.717, 1.165) is 46.1 Å². The lowest BCUT2D eigenvalue weighted by Gasteiger charge is -2.39. The molecule has 5 nitrogen and oxygen atoms in total. The second-order valence-corrected chi connectivity index (χ2v) is 11.8. The first-order valence-electron chi connectivity index (χ1n) is 13.4. The van der Waals surface area contributed by atoms with E-state index in [1.165, 1.54) is 12.1 Å². The summed E-state index contributed by atoms with van der Waals surface area (Å²) in [5, 5.41) is 1.03. The molecular formula is C32H36FNO4. The zero-order chi connectivity index (χ0) is 27.1. The van der Waals surface area contributed by atoms with Crippen LogP contribution in [-0.2, 0) is 19.0 Å². The topological polar surface area (TPSA) is 57.7 Å². The van der Waals surface area contributed by atoms with Crippen LogP contribution in [0.1, 0.15) is 77.5 Å². The van der Waals surface area contributed by atoms with E-state index in [4.69, 9.17) is 19.2 Å². The molecule has 2 aliphatic rings. The maximum absolute atomic E-state index is 13.8. The number of esters is 1. The Morgan fingerprint density at radius 3 is 2.50 bits per heavy atom. The molecule has 0 bridgehead atoms. The summed E-state index contributed by atoms with van der Waals surface area (Å²) in [6, 6.07) is 14.8. The number of para-hydroxylation sites is 1. The summed E-state index contributed by atoms with van der Waals surface area (Å²) in [7, 11) is 0. The number of carbonyl (C=O) groups excluding carboxylic acids is 1. The lowest BCUT2D eigenvalue weighted by Crippen LogP contribution is -2.45. The van der Waals surface area contributed by atoms with E-state index in [2.05, 4.69) is 18.2 Å². The molecule has 1 aliphatic heterocycles. The number of rotatable bonds is 6. The van der Waals surface area contributed by atoms with Gasteiger partial charge in [0.15, 0.2) is 5.79 Å². The molecule has 1 aliphatic carbocycles. The zero-order valence-corrected chi connectivity index (χ0v) is 22.8. The van der Waals surface area contributed by atoms with Crippen LogP contribution >= 0.6 is 0 Å². The number of carbonyl (C=O) groups is 1. The van der Waals surface area contributed by atoms with Gasteiger partial charge >= 0.3 is 5.97 Å². The van der Waals surface area contributed by atoms with Crippen molar-refractivity contribution < 1.29 is 23.4 Å². The van der Waals surface area contributed by atoms with Crippen LogP contribution in [0, 0.1) is 5.82 Å². The molecule has 5 rings (SSSR count). The Morgan fingerprint density at radius 2 is 1.82 bits per heavy atom. The Kier molecular flexibility index (Phi) is 7.14. The van der Waals surface area contributed by atoms with E-state index >= 15 is 0 Å². The standard InChI is InChI=1S/C32H36FNO4/c1-31(2,3)38-28(35)19-24-18-23(36-32(4,5)37-24)16-17-26-29(20-12-14-22(33)15-13-20)25-8-6-7-9-27(25)34-30(26)21-10-11-21/h6-9,12-17,21,23-24H,10-11,18-19H2,1-5H3/t23-,24+/m0/s1. The van der Waals surface area contributed by atoms with Gasteiger partial charge in [-0.2, -0.15) is 0 Å². The normalized spacial score (nSPS) is 21.6. The fourth-order valence-electron chi connectivity index (χ4n) is 5.17. The van der Waals surface area contributed by atoms with Crippen LogP contribution in [0.2, 0.25) is 0 Å². The van der Waals surface area contributed by atoms with Crippen molar-refractivity contribution in [3.63, 3.8) is 0 Å². The highest BCUT2D eigenvalue weighted by atomic mass is 19.1. The predicted octanol–water partition coefficient (Wildman–Crippen LogP) is 7.57. The lowest BCUT2D eigenvalue weighted by atomic mass is 9.92. The quantitative estimate of drug-likeness (QED) is 0.316. The minimum Gasteiger partial charge on any atom is -0.460 e. The highest BCUT2D eigenvalue weighted by Gasteiger charge is 2.36. The molecule has 2 fully saturated rings. The Bertz CT molecular complexity index is 1350. The molecule has 2 heterocycles. The third kappa shape index (κ3) is 6.30. The van der Waals surface area contributed by atoms with Crippen LogP contribution < -0.4 is 0 Å². The molecule has 2 aromatic carbocycles. The van der Waals surface area contributed by atoms with Gasteiger partial charge < -0.3 is 14.2 Å². The van der Waals surface area contributed by atoms with Gasteiger partial charge in [0, 0.05) is 28.9 Å². The molecule has 1 aromatic heterocycles. The molecule has 0 radical (unpaired) electrons. The Hall–Kier alpha value is -3.09. The molecule has 0 spiro atoms. The van der Waals surface area contributed by atoms with Crippen LogP contribution in [0.3, 0.4) is 0 Å². The van der Waals surface area contributed by atoms with Crippen molar-refractivity contribution in [2.24, 2.45) is 0 Å². The maximum Gasteiger partial charge on any atom is 0.308 e. The second kappa shape index (κ2) is 10.2. The van der Waals surface area contributed by atoms with Crippen molar-refractivity contribution in [2.45, 2.75) is 89.8 Å². The van der Waals surface area contributed by atoms with Gasteiger partial charge in [-0.1, -0.05) is 42.5 Å². The number of ether oxygens (including phenoxy) is 3. The Morgan fingerprint density at radius 1 is 1.11 bits per heavy atom. The average Bonchev–Trinajstić information content (AvgIpc) is 3.66. The van der Waals surface area contributed by atoms with Crippen molar-refractivity contribution >= 4 is 22.9 Å². The largest absolute Gasteiger partial charge is 0.460 e. The van der Waals surface area contributed by atoms with Crippen LogP contribution in [0.5, 0.6) is 0 Å². The smallest absolute Gasteiger partial charge is 0.308 e. The van der Waals surface area contributed by atoms with E-state index in [9.17, 15) is 9.18 Å². The average molecular weight is 518 g/mol. The molecule has 0 amide bonds. The van der Waals surface area contributed by atoms with Gasteiger partial charge in [0.1, 0.15) is 11.4 Å². The second-order valence-electron chi connectivity index (χ2n) is 11.8. The van der Waals surface area contributed by atoms with Crippen LogP contribution in [0.25, 0.3) is 28.1 Å². The summed E-state index contributed by atoms with van der Waals surface area (Å²) >= 11 is 0. The summed E-state index contributed by atoms with van der Waals surface area (Å²) in [6.45, 7) is 9.31. The van der Waals surface area contributed by atoms with E-state index in [1.807, 2.05) is 65.0 Å². The summed E-state index contributed by atoms with van der Waals surface area (Å²) in [6.07, 6.45) is 6.48. The molecular weight excluding hydrogens is 481 g/mol. The summed E-state index contributed by atoms with van der Waals surface area (Å²) < 4.78 is 31.7. The van der Waals surface area contributed by atoms with Gasteiger partial charge in [-0.15, -0.1) is 0 Å². The van der Waals surface area contributed by atoms with E-state index in [1.54, 1.807) is 0 Å². The fraction of sp³-hybridized carbons (Fsp3) is 0.438. The van der Waals surface area contributed by atoms with Crippen LogP contribution in [0.4, 0.5) is 4.39 Å². The first-order valence-corrected chi connectivity index (χ1v) is 13.4. The molecule has 0 N–H and O–H groups in total. The Labute approximate surface area is 224 Å². The number of halogens is 1. The van der Waals surface area contributed by atoms with Crippen molar-refractivity contribution in [1.82, 2.24) is 4.98 Å².